The predicted octanol–water partition coefficient (Wildman–Crippen LogP) is 1.30. The summed E-state index contributed by atoms with van der Waals surface area (Å²) in [7, 11) is 0. The van der Waals surface area contributed by atoms with E-state index in [4.69, 9.17) is 4.74 Å². The molecule has 134 valence electrons. The van der Waals surface area contributed by atoms with Gasteiger partial charge in [0.2, 0.25) is 0 Å². The first-order valence-electron chi connectivity index (χ1n) is 8.00. The van der Waals surface area contributed by atoms with Crippen LogP contribution < -0.4 is 11.2 Å². The van der Waals surface area contributed by atoms with Crippen molar-refractivity contribution in [1.82, 2.24) is 9.13 Å². The molecule has 25 heavy (non-hydrogen) atoms. The molecule has 9 heteroatoms. The van der Waals surface area contributed by atoms with Gasteiger partial charge in [-0.25, -0.2) is 19.0 Å². The number of hydrogen-bond donors (Lipinski definition) is 1. The summed E-state index contributed by atoms with van der Waals surface area (Å²) >= 11 is 0.904. The van der Waals surface area contributed by atoms with E-state index in [0.29, 0.717) is 23.2 Å². The number of aromatic carboxylic acids is 1. The van der Waals surface area contributed by atoms with Gasteiger partial charge in [0.15, 0.2) is 5.54 Å². The van der Waals surface area contributed by atoms with Crippen molar-refractivity contribution in [3.63, 3.8) is 0 Å². The van der Waals surface area contributed by atoms with Crippen LogP contribution in [0.2, 0.25) is 0 Å². The molecule has 2 heterocycles. The van der Waals surface area contributed by atoms with Gasteiger partial charge in [-0.05, 0) is 39.2 Å². The lowest BCUT2D eigenvalue weighted by Crippen LogP contribution is -2.49. The number of aryl methyl sites for hydroxylation is 2. The Labute approximate surface area is 146 Å². The fourth-order valence-electron chi connectivity index (χ4n) is 3.11. The maximum Gasteiger partial charge on any atom is 0.346 e. The van der Waals surface area contributed by atoms with Gasteiger partial charge in [-0.15, -0.1) is 11.3 Å². The molecule has 0 saturated heterocycles. The van der Waals surface area contributed by atoms with E-state index in [-0.39, 0.29) is 23.4 Å². The van der Waals surface area contributed by atoms with Crippen LogP contribution >= 0.6 is 11.3 Å². The quantitative estimate of drug-likeness (QED) is 0.799. The third-order valence-corrected chi connectivity index (χ3v) is 5.83. The minimum atomic E-state index is -1.27. The first-order chi connectivity index (χ1) is 11.8. The van der Waals surface area contributed by atoms with Gasteiger partial charge < -0.3 is 9.84 Å². The fourth-order valence-corrected chi connectivity index (χ4v) is 4.31. The zero-order chi connectivity index (χ0) is 18.5. The Kier molecular flexibility index (Phi) is 4.06. The lowest BCUT2D eigenvalue weighted by molar-refractivity contribution is -0.149. The van der Waals surface area contributed by atoms with Crippen LogP contribution in [-0.2, 0) is 21.6 Å². The lowest BCUT2D eigenvalue weighted by atomic mass is 10.2. The van der Waals surface area contributed by atoms with Gasteiger partial charge in [0.25, 0.3) is 5.56 Å². The minimum Gasteiger partial charge on any atom is -0.477 e. The zero-order valence-electron chi connectivity index (χ0n) is 14.1. The molecule has 8 nitrogen and oxygen atoms in total. The average Bonchev–Trinajstić information content (AvgIpc) is 3.26. The summed E-state index contributed by atoms with van der Waals surface area (Å²) in [5.41, 5.74) is -2.19. The summed E-state index contributed by atoms with van der Waals surface area (Å²) in [5, 5.41) is 9.51. The molecule has 3 rings (SSSR count). The van der Waals surface area contributed by atoms with E-state index >= 15 is 0 Å². The molecular weight excluding hydrogens is 348 g/mol. The highest BCUT2D eigenvalue weighted by molar-refractivity contribution is 7.20. The van der Waals surface area contributed by atoms with Gasteiger partial charge in [0, 0.05) is 6.54 Å². The van der Waals surface area contributed by atoms with Crippen LogP contribution in [0.1, 0.15) is 41.9 Å². The molecule has 0 spiro atoms. The number of carbonyl (C=O) groups excluding carboxylic acids is 1. The van der Waals surface area contributed by atoms with Crippen molar-refractivity contribution in [1.29, 1.82) is 0 Å². The standard InChI is InChI=1S/C16H18N2O6S/c1-4-17-12-9(8(3)10(25-12)13(20)21)11(19)18(15(17)23)16(6-7-16)14(22)24-5-2/h4-7H2,1-3H3,(H,20,21). The van der Waals surface area contributed by atoms with Gasteiger partial charge in [0.05, 0.1) is 12.0 Å². The normalized spacial score (nSPS) is 15.3. The van der Waals surface area contributed by atoms with Crippen LogP contribution in [0.5, 0.6) is 0 Å². The van der Waals surface area contributed by atoms with Gasteiger partial charge in [-0.3, -0.25) is 9.36 Å². The van der Waals surface area contributed by atoms with Crippen molar-refractivity contribution in [2.75, 3.05) is 6.61 Å². The van der Waals surface area contributed by atoms with E-state index in [1.165, 1.54) is 4.57 Å². The van der Waals surface area contributed by atoms with E-state index in [1.54, 1.807) is 20.8 Å². The molecule has 1 N–H and O–H groups in total. The third kappa shape index (κ3) is 2.33. The van der Waals surface area contributed by atoms with Crippen LogP contribution in [0, 0.1) is 6.92 Å². The first-order valence-corrected chi connectivity index (χ1v) is 8.81. The minimum absolute atomic E-state index is 0.0208. The molecule has 0 unspecified atom stereocenters. The van der Waals surface area contributed by atoms with Gasteiger partial charge in [-0.1, -0.05) is 0 Å². The molecule has 0 aliphatic heterocycles. The number of thiophene rings is 1. The number of carbonyl (C=O) groups is 2. The number of carboxylic acid groups (broad SMARTS) is 1. The summed E-state index contributed by atoms with van der Waals surface area (Å²) in [6, 6.07) is 0. The predicted molar refractivity (Wildman–Crippen MR) is 91.6 cm³/mol. The topological polar surface area (TPSA) is 108 Å². The molecule has 1 fully saturated rings. The molecule has 0 bridgehead atoms. The lowest BCUT2D eigenvalue weighted by Gasteiger charge is -2.18. The van der Waals surface area contributed by atoms with E-state index in [1.807, 2.05) is 0 Å². The van der Waals surface area contributed by atoms with Crippen molar-refractivity contribution >= 4 is 33.5 Å². The van der Waals surface area contributed by atoms with E-state index in [2.05, 4.69) is 0 Å². The smallest absolute Gasteiger partial charge is 0.346 e. The molecule has 1 aliphatic carbocycles. The second-order valence-electron chi connectivity index (χ2n) is 5.96. The summed E-state index contributed by atoms with van der Waals surface area (Å²) in [6.07, 6.45) is 0.705. The summed E-state index contributed by atoms with van der Waals surface area (Å²) in [5.74, 6) is -1.74. The summed E-state index contributed by atoms with van der Waals surface area (Å²) in [4.78, 5) is 50.0. The number of fused-ring (bicyclic) bond motifs is 1. The maximum absolute atomic E-state index is 13.0. The average molecular weight is 366 g/mol. The SMILES string of the molecule is CCOC(=O)C1(n2c(=O)c3c(C)c(C(=O)O)sc3n(CC)c2=O)CC1. The monoisotopic (exact) mass is 366 g/mol. The molecule has 2 aromatic rings. The summed E-state index contributed by atoms with van der Waals surface area (Å²) < 4.78 is 7.36. The summed E-state index contributed by atoms with van der Waals surface area (Å²) in [6.45, 7) is 5.34. The molecule has 1 saturated carbocycles. The Morgan fingerprint density at radius 1 is 1.28 bits per heavy atom. The fraction of sp³-hybridized carbons (Fsp3) is 0.500. The van der Waals surface area contributed by atoms with E-state index < -0.39 is 28.7 Å². The molecule has 0 aromatic carbocycles. The Balaban J connectivity index is 2.41. The number of nitrogens with zero attached hydrogens (tertiary/aromatic N) is 2. The second-order valence-corrected chi connectivity index (χ2v) is 6.96. The van der Waals surface area contributed by atoms with Crippen molar-refractivity contribution in [3.05, 3.63) is 31.3 Å². The largest absolute Gasteiger partial charge is 0.477 e. The van der Waals surface area contributed by atoms with Crippen molar-refractivity contribution in [2.24, 2.45) is 0 Å². The molecule has 0 radical (unpaired) electrons. The van der Waals surface area contributed by atoms with Crippen molar-refractivity contribution < 1.29 is 19.4 Å². The van der Waals surface area contributed by atoms with Crippen LogP contribution in [0.25, 0.3) is 10.2 Å². The number of esters is 1. The molecule has 0 amide bonds. The van der Waals surface area contributed by atoms with Crippen molar-refractivity contribution in [3.8, 4) is 0 Å². The maximum atomic E-state index is 13.0. The van der Waals surface area contributed by atoms with Crippen LogP contribution in [0.15, 0.2) is 9.59 Å². The van der Waals surface area contributed by atoms with Crippen LogP contribution in [0.4, 0.5) is 0 Å². The first kappa shape index (κ1) is 17.4. The highest BCUT2D eigenvalue weighted by Crippen LogP contribution is 2.43. The number of rotatable bonds is 5. The van der Waals surface area contributed by atoms with Gasteiger partial charge >= 0.3 is 17.6 Å². The number of aromatic nitrogens is 2. The highest BCUT2D eigenvalue weighted by atomic mass is 32.1. The number of ether oxygens (including phenoxy) is 1. The Hall–Kier alpha value is -2.42. The van der Waals surface area contributed by atoms with Gasteiger partial charge in [0.1, 0.15) is 9.71 Å². The van der Waals surface area contributed by atoms with Crippen molar-refractivity contribution in [2.45, 2.75) is 45.7 Å². The molecule has 2 aromatic heterocycles. The van der Waals surface area contributed by atoms with Gasteiger partial charge in [-0.2, -0.15) is 0 Å². The van der Waals surface area contributed by atoms with E-state index in [0.717, 1.165) is 15.9 Å². The number of hydrogen-bond acceptors (Lipinski definition) is 6. The Morgan fingerprint density at radius 3 is 2.40 bits per heavy atom. The molecule has 1 aliphatic rings. The second kappa shape index (κ2) is 5.83. The van der Waals surface area contributed by atoms with E-state index in [9.17, 15) is 24.3 Å². The Morgan fingerprint density at radius 2 is 1.92 bits per heavy atom. The Bertz CT molecular complexity index is 1010. The highest BCUT2D eigenvalue weighted by Gasteiger charge is 2.55. The van der Waals surface area contributed by atoms with Crippen LogP contribution in [-0.4, -0.2) is 32.8 Å². The molecule has 0 atom stereocenters. The number of carboxylic acids is 1. The molecular formula is C16H18N2O6S. The van der Waals surface area contributed by atoms with Crippen LogP contribution in [0.3, 0.4) is 0 Å². The zero-order valence-corrected chi connectivity index (χ0v) is 14.9. The third-order valence-electron chi connectivity index (χ3n) is 4.53.